The average molecular weight is 228 g/mol. The summed E-state index contributed by atoms with van der Waals surface area (Å²) in [6.07, 6.45) is 4.26. The van der Waals surface area contributed by atoms with Crippen molar-refractivity contribution in [3.63, 3.8) is 0 Å². The Bertz CT molecular complexity index is 187. The molecule has 0 radical (unpaired) electrons. The molecule has 0 saturated carbocycles. The number of rotatable bonds is 6. The Morgan fingerprint density at radius 3 is 2.75 bits per heavy atom. The van der Waals surface area contributed by atoms with Crippen molar-refractivity contribution < 1.29 is 4.74 Å². The summed E-state index contributed by atoms with van der Waals surface area (Å²) < 4.78 is 5.95. The molecule has 0 aromatic rings. The monoisotopic (exact) mass is 228 g/mol. The zero-order valence-corrected chi connectivity index (χ0v) is 11.4. The zero-order valence-electron chi connectivity index (χ0n) is 11.4. The molecule has 2 atom stereocenters. The SMILES string of the molecule is CCCCC1C(CN(C)CC)OCCN1C. The van der Waals surface area contributed by atoms with Gasteiger partial charge in [0, 0.05) is 19.1 Å². The summed E-state index contributed by atoms with van der Waals surface area (Å²) in [4.78, 5) is 4.83. The molecular weight excluding hydrogens is 200 g/mol. The van der Waals surface area contributed by atoms with Crippen LogP contribution in [0.4, 0.5) is 0 Å². The lowest BCUT2D eigenvalue weighted by Crippen LogP contribution is -2.53. The number of hydrogen-bond donors (Lipinski definition) is 0. The number of morpholine rings is 1. The number of hydrogen-bond acceptors (Lipinski definition) is 3. The second kappa shape index (κ2) is 7.25. The molecule has 1 saturated heterocycles. The van der Waals surface area contributed by atoms with E-state index in [-0.39, 0.29) is 0 Å². The van der Waals surface area contributed by atoms with Gasteiger partial charge in [0.25, 0.3) is 0 Å². The van der Waals surface area contributed by atoms with Crippen LogP contribution in [-0.2, 0) is 4.74 Å². The van der Waals surface area contributed by atoms with Gasteiger partial charge in [0.15, 0.2) is 0 Å². The van der Waals surface area contributed by atoms with Gasteiger partial charge in [-0.25, -0.2) is 0 Å². The summed E-state index contributed by atoms with van der Waals surface area (Å²) in [6, 6.07) is 0.614. The van der Waals surface area contributed by atoms with Crippen molar-refractivity contribution in [2.75, 3.05) is 40.3 Å². The fourth-order valence-corrected chi connectivity index (χ4v) is 2.34. The standard InChI is InChI=1S/C13H28N2O/c1-5-7-8-12-13(11-14(3)6-2)16-10-9-15(12)4/h12-13H,5-11H2,1-4H3. The van der Waals surface area contributed by atoms with E-state index in [0.717, 1.165) is 26.2 Å². The van der Waals surface area contributed by atoms with Gasteiger partial charge in [-0.1, -0.05) is 26.7 Å². The lowest BCUT2D eigenvalue weighted by atomic mass is 10.0. The zero-order chi connectivity index (χ0) is 12.0. The Morgan fingerprint density at radius 1 is 1.38 bits per heavy atom. The molecule has 3 heteroatoms. The third-order valence-corrected chi connectivity index (χ3v) is 3.66. The first-order valence-electron chi connectivity index (χ1n) is 6.69. The lowest BCUT2D eigenvalue weighted by molar-refractivity contribution is -0.0741. The van der Waals surface area contributed by atoms with E-state index in [2.05, 4.69) is 37.7 Å². The van der Waals surface area contributed by atoms with Gasteiger partial charge in [-0.05, 0) is 27.1 Å². The van der Waals surface area contributed by atoms with Gasteiger partial charge in [-0.15, -0.1) is 0 Å². The van der Waals surface area contributed by atoms with Crippen LogP contribution in [0.1, 0.15) is 33.1 Å². The van der Waals surface area contributed by atoms with Crippen molar-refractivity contribution in [2.45, 2.75) is 45.3 Å². The molecule has 0 spiro atoms. The van der Waals surface area contributed by atoms with Crippen LogP contribution in [-0.4, -0.2) is 62.3 Å². The smallest absolute Gasteiger partial charge is 0.0857 e. The molecule has 0 aliphatic carbocycles. The minimum atomic E-state index is 0.398. The highest BCUT2D eigenvalue weighted by molar-refractivity contribution is 4.83. The summed E-state index contributed by atoms with van der Waals surface area (Å²) in [5, 5.41) is 0. The molecule has 1 aliphatic rings. The van der Waals surface area contributed by atoms with Crippen LogP contribution in [0, 0.1) is 0 Å². The van der Waals surface area contributed by atoms with Crippen molar-refractivity contribution >= 4 is 0 Å². The Labute approximate surface area is 101 Å². The van der Waals surface area contributed by atoms with Crippen molar-refractivity contribution in [1.82, 2.24) is 9.80 Å². The maximum Gasteiger partial charge on any atom is 0.0857 e. The molecule has 96 valence electrons. The largest absolute Gasteiger partial charge is 0.374 e. The van der Waals surface area contributed by atoms with E-state index >= 15 is 0 Å². The molecule has 0 amide bonds. The molecule has 0 N–H and O–H groups in total. The van der Waals surface area contributed by atoms with E-state index in [9.17, 15) is 0 Å². The van der Waals surface area contributed by atoms with Crippen LogP contribution in [0.15, 0.2) is 0 Å². The predicted molar refractivity (Wildman–Crippen MR) is 68.9 cm³/mol. The van der Waals surface area contributed by atoms with Crippen molar-refractivity contribution in [1.29, 1.82) is 0 Å². The number of nitrogens with zero attached hydrogens (tertiary/aromatic N) is 2. The van der Waals surface area contributed by atoms with Crippen LogP contribution < -0.4 is 0 Å². The van der Waals surface area contributed by atoms with Crippen LogP contribution in [0.3, 0.4) is 0 Å². The second-order valence-corrected chi connectivity index (χ2v) is 4.95. The summed E-state index contributed by atoms with van der Waals surface area (Å²) in [5.74, 6) is 0. The summed E-state index contributed by atoms with van der Waals surface area (Å²) >= 11 is 0. The fraction of sp³-hybridized carbons (Fsp3) is 1.00. The average Bonchev–Trinajstić information content (AvgIpc) is 2.28. The third-order valence-electron chi connectivity index (χ3n) is 3.66. The van der Waals surface area contributed by atoms with Crippen LogP contribution in [0.25, 0.3) is 0 Å². The van der Waals surface area contributed by atoms with Gasteiger partial charge < -0.3 is 9.64 Å². The normalized spacial score (nSPS) is 27.6. The molecule has 1 fully saturated rings. The number of unbranched alkanes of at least 4 members (excludes halogenated alkanes) is 1. The quantitative estimate of drug-likeness (QED) is 0.690. The Hall–Kier alpha value is -0.120. The molecule has 2 unspecified atom stereocenters. The Balaban J connectivity index is 2.48. The first-order chi connectivity index (χ1) is 7.69. The van der Waals surface area contributed by atoms with E-state index in [4.69, 9.17) is 4.74 Å². The van der Waals surface area contributed by atoms with Gasteiger partial charge in [0.2, 0.25) is 0 Å². The van der Waals surface area contributed by atoms with E-state index in [1.54, 1.807) is 0 Å². The van der Waals surface area contributed by atoms with Crippen molar-refractivity contribution in [2.24, 2.45) is 0 Å². The number of ether oxygens (including phenoxy) is 1. The molecule has 3 nitrogen and oxygen atoms in total. The molecule has 1 heterocycles. The summed E-state index contributed by atoms with van der Waals surface area (Å²) in [7, 11) is 4.41. The molecular formula is C13H28N2O. The molecule has 1 rings (SSSR count). The highest BCUT2D eigenvalue weighted by Gasteiger charge is 2.29. The lowest BCUT2D eigenvalue weighted by Gasteiger charge is -2.40. The van der Waals surface area contributed by atoms with Gasteiger partial charge in [0.05, 0.1) is 12.7 Å². The van der Waals surface area contributed by atoms with Crippen molar-refractivity contribution in [3.05, 3.63) is 0 Å². The summed E-state index contributed by atoms with van der Waals surface area (Å²) in [5.41, 5.74) is 0. The van der Waals surface area contributed by atoms with E-state index in [1.807, 2.05) is 0 Å². The maximum absolute atomic E-state index is 5.95. The molecule has 0 aromatic carbocycles. The van der Waals surface area contributed by atoms with Crippen molar-refractivity contribution in [3.8, 4) is 0 Å². The Kier molecular flexibility index (Phi) is 6.32. The maximum atomic E-state index is 5.95. The minimum absolute atomic E-state index is 0.398. The third kappa shape index (κ3) is 4.04. The molecule has 1 aliphatic heterocycles. The predicted octanol–water partition coefficient (Wildman–Crippen LogP) is 1.83. The van der Waals surface area contributed by atoms with Gasteiger partial charge in [-0.3, -0.25) is 4.90 Å². The molecule has 0 aromatic heterocycles. The fourth-order valence-electron chi connectivity index (χ4n) is 2.34. The highest BCUT2D eigenvalue weighted by atomic mass is 16.5. The van der Waals surface area contributed by atoms with Crippen LogP contribution in [0.5, 0.6) is 0 Å². The first kappa shape index (κ1) is 13.9. The van der Waals surface area contributed by atoms with E-state index in [0.29, 0.717) is 12.1 Å². The minimum Gasteiger partial charge on any atom is -0.374 e. The van der Waals surface area contributed by atoms with Crippen LogP contribution >= 0.6 is 0 Å². The van der Waals surface area contributed by atoms with E-state index in [1.165, 1.54) is 19.3 Å². The van der Waals surface area contributed by atoms with Gasteiger partial charge in [0.1, 0.15) is 0 Å². The highest BCUT2D eigenvalue weighted by Crippen LogP contribution is 2.18. The molecule has 16 heavy (non-hydrogen) atoms. The summed E-state index contributed by atoms with van der Waals surface area (Å²) in [6.45, 7) is 8.60. The van der Waals surface area contributed by atoms with Gasteiger partial charge in [-0.2, -0.15) is 0 Å². The topological polar surface area (TPSA) is 15.7 Å². The second-order valence-electron chi connectivity index (χ2n) is 4.95. The van der Waals surface area contributed by atoms with E-state index < -0.39 is 0 Å². The number of likely N-dealkylation sites (N-methyl/N-ethyl adjacent to an activating group) is 2. The van der Waals surface area contributed by atoms with Gasteiger partial charge >= 0.3 is 0 Å². The molecule has 0 bridgehead atoms. The Morgan fingerprint density at radius 2 is 2.12 bits per heavy atom. The van der Waals surface area contributed by atoms with Crippen LogP contribution in [0.2, 0.25) is 0 Å². The first-order valence-corrected chi connectivity index (χ1v) is 6.69.